The number of nitrogens with two attached hydrogens (primary N) is 1. The van der Waals surface area contributed by atoms with Gasteiger partial charge in [-0.25, -0.2) is 0 Å². The first-order chi connectivity index (χ1) is 7.11. The Bertz CT molecular complexity index is 348. The summed E-state index contributed by atoms with van der Waals surface area (Å²) in [4.78, 5) is 13.0. The Kier molecular flexibility index (Phi) is 4.39. The summed E-state index contributed by atoms with van der Waals surface area (Å²) in [5, 5.41) is 0.900. The maximum absolute atomic E-state index is 11.5. The molecule has 0 saturated carbocycles. The van der Waals surface area contributed by atoms with Crippen LogP contribution in [0.5, 0.6) is 0 Å². The van der Waals surface area contributed by atoms with Crippen LogP contribution < -0.4 is 10.6 Å². The first-order valence-electron chi connectivity index (χ1n) is 4.56. The van der Waals surface area contributed by atoms with Crippen molar-refractivity contribution in [3.8, 4) is 0 Å². The van der Waals surface area contributed by atoms with Crippen LogP contribution in [0.4, 0.5) is 5.69 Å². The van der Waals surface area contributed by atoms with E-state index < -0.39 is 0 Å². The second kappa shape index (κ2) is 5.35. The summed E-state index contributed by atoms with van der Waals surface area (Å²) in [5.41, 5.74) is 5.84. The van der Waals surface area contributed by atoms with E-state index in [-0.39, 0.29) is 12.5 Å². The van der Waals surface area contributed by atoms with Crippen LogP contribution in [0.15, 0.2) is 18.2 Å². The third-order valence-electron chi connectivity index (χ3n) is 2.00. The molecule has 0 saturated heterocycles. The summed E-state index contributed by atoms with van der Waals surface area (Å²) in [6.07, 6.45) is 0. The van der Waals surface area contributed by atoms with Crippen molar-refractivity contribution in [1.29, 1.82) is 0 Å². The lowest BCUT2D eigenvalue weighted by Gasteiger charge is -2.22. The summed E-state index contributed by atoms with van der Waals surface area (Å²) < 4.78 is 0. The van der Waals surface area contributed by atoms with E-state index in [1.54, 1.807) is 18.2 Å². The zero-order valence-corrected chi connectivity index (χ0v) is 9.85. The Morgan fingerprint density at radius 3 is 2.33 bits per heavy atom. The first-order valence-corrected chi connectivity index (χ1v) is 5.31. The molecule has 0 radical (unpaired) electrons. The molecule has 0 heterocycles. The molecule has 1 aromatic carbocycles. The highest BCUT2D eigenvalue weighted by Gasteiger charge is 2.17. The van der Waals surface area contributed by atoms with E-state index in [9.17, 15) is 4.79 Å². The summed E-state index contributed by atoms with van der Waals surface area (Å²) in [6, 6.07) is 5.11. The highest BCUT2D eigenvalue weighted by Crippen LogP contribution is 2.33. The molecule has 0 aliphatic carbocycles. The Labute approximate surface area is 98.8 Å². The fraction of sp³-hybridized carbons (Fsp3) is 0.300. The lowest BCUT2D eigenvalue weighted by atomic mass is 10.2. The number of hydrogen-bond donors (Lipinski definition) is 1. The number of carbonyl (C=O) groups excluding carboxylic acids is 1. The third-order valence-corrected chi connectivity index (χ3v) is 2.61. The van der Waals surface area contributed by atoms with Gasteiger partial charge in [-0.15, -0.1) is 0 Å². The van der Waals surface area contributed by atoms with E-state index in [1.807, 2.05) is 6.92 Å². The maximum atomic E-state index is 11.5. The molecule has 0 aliphatic heterocycles. The molecule has 15 heavy (non-hydrogen) atoms. The molecule has 1 rings (SSSR count). The fourth-order valence-electron chi connectivity index (χ4n) is 1.32. The van der Waals surface area contributed by atoms with Crippen LogP contribution >= 0.6 is 23.2 Å². The molecule has 2 N–H and O–H groups in total. The van der Waals surface area contributed by atoms with Crippen LogP contribution in [-0.4, -0.2) is 19.0 Å². The highest BCUT2D eigenvalue weighted by atomic mass is 35.5. The SMILES string of the molecule is CCN(C(=O)CN)c1c(Cl)cccc1Cl. The molecule has 0 aliphatic rings. The van der Waals surface area contributed by atoms with Gasteiger partial charge in [0.25, 0.3) is 0 Å². The number of carbonyl (C=O) groups is 1. The van der Waals surface area contributed by atoms with Gasteiger partial charge in [0.05, 0.1) is 22.3 Å². The van der Waals surface area contributed by atoms with Gasteiger partial charge in [-0.1, -0.05) is 29.3 Å². The van der Waals surface area contributed by atoms with E-state index in [2.05, 4.69) is 0 Å². The lowest BCUT2D eigenvalue weighted by Crippen LogP contribution is -2.36. The Balaban J connectivity index is 3.17. The summed E-state index contributed by atoms with van der Waals surface area (Å²) in [7, 11) is 0. The van der Waals surface area contributed by atoms with Crippen molar-refractivity contribution in [3.63, 3.8) is 0 Å². The van der Waals surface area contributed by atoms with E-state index in [1.165, 1.54) is 4.90 Å². The van der Waals surface area contributed by atoms with Crippen LogP contribution in [0.1, 0.15) is 6.92 Å². The number of rotatable bonds is 3. The van der Waals surface area contributed by atoms with Crippen LogP contribution in [0.25, 0.3) is 0 Å². The summed E-state index contributed by atoms with van der Waals surface area (Å²) >= 11 is 12.0. The molecule has 0 spiro atoms. The first kappa shape index (κ1) is 12.3. The monoisotopic (exact) mass is 246 g/mol. The molecular weight excluding hydrogens is 235 g/mol. The largest absolute Gasteiger partial charge is 0.322 e. The minimum atomic E-state index is -0.201. The molecule has 0 atom stereocenters. The standard InChI is InChI=1S/C10H12Cl2N2O/c1-2-14(9(15)6-13)10-7(11)4-3-5-8(10)12/h3-5H,2,6,13H2,1H3. The average molecular weight is 247 g/mol. The van der Waals surface area contributed by atoms with Gasteiger partial charge in [-0.2, -0.15) is 0 Å². The van der Waals surface area contributed by atoms with Crippen molar-refractivity contribution >= 4 is 34.8 Å². The molecule has 0 aromatic heterocycles. The highest BCUT2D eigenvalue weighted by molar-refractivity contribution is 6.39. The van der Waals surface area contributed by atoms with E-state index >= 15 is 0 Å². The van der Waals surface area contributed by atoms with Crippen LogP contribution in [0.2, 0.25) is 10.0 Å². The van der Waals surface area contributed by atoms with Gasteiger partial charge in [0.2, 0.25) is 5.91 Å². The predicted molar refractivity (Wildman–Crippen MR) is 63.5 cm³/mol. The number of hydrogen-bond acceptors (Lipinski definition) is 2. The molecule has 5 heteroatoms. The number of para-hydroxylation sites is 1. The summed E-state index contributed by atoms with van der Waals surface area (Å²) in [5.74, 6) is -0.201. The molecular formula is C10H12Cl2N2O. The molecule has 0 fully saturated rings. The molecule has 82 valence electrons. The second-order valence-corrected chi connectivity index (χ2v) is 3.73. The van der Waals surface area contributed by atoms with Crippen molar-refractivity contribution in [2.45, 2.75) is 6.92 Å². The zero-order valence-electron chi connectivity index (χ0n) is 8.34. The van der Waals surface area contributed by atoms with E-state index in [0.29, 0.717) is 22.3 Å². The number of halogens is 2. The van der Waals surface area contributed by atoms with E-state index in [0.717, 1.165) is 0 Å². The van der Waals surface area contributed by atoms with Crippen molar-refractivity contribution in [3.05, 3.63) is 28.2 Å². The second-order valence-electron chi connectivity index (χ2n) is 2.91. The molecule has 0 unspecified atom stereocenters. The van der Waals surface area contributed by atoms with Crippen LogP contribution in [-0.2, 0) is 4.79 Å². The Hall–Kier alpha value is -0.770. The number of amides is 1. The maximum Gasteiger partial charge on any atom is 0.240 e. The third kappa shape index (κ3) is 2.62. The number of anilines is 1. The van der Waals surface area contributed by atoms with Crippen molar-refractivity contribution < 1.29 is 4.79 Å². The summed E-state index contributed by atoms with van der Waals surface area (Å²) in [6.45, 7) is 2.27. The van der Waals surface area contributed by atoms with Crippen molar-refractivity contribution in [1.82, 2.24) is 0 Å². The minimum Gasteiger partial charge on any atom is -0.322 e. The van der Waals surface area contributed by atoms with Gasteiger partial charge in [0.15, 0.2) is 0 Å². The molecule has 0 bridgehead atoms. The predicted octanol–water partition coefficient (Wildman–Crippen LogP) is 2.31. The van der Waals surface area contributed by atoms with Crippen molar-refractivity contribution in [2.24, 2.45) is 5.73 Å². The molecule has 1 amide bonds. The normalized spacial score (nSPS) is 10.1. The molecule has 3 nitrogen and oxygen atoms in total. The number of benzene rings is 1. The number of nitrogens with zero attached hydrogens (tertiary/aromatic N) is 1. The van der Waals surface area contributed by atoms with Gasteiger partial charge in [-0.3, -0.25) is 4.79 Å². The van der Waals surface area contributed by atoms with Gasteiger partial charge in [0.1, 0.15) is 0 Å². The zero-order chi connectivity index (χ0) is 11.4. The van der Waals surface area contributed by atoms with Crippen LogP contribution in [0.3, 0.4) is 0 Å². The minimum absolute atomic E-state index is 0.0601. The van der Waals surface area contributed by atoms with E-state index in [4.69, 9.17) is 28.9 Å². The van der Waals surface area contributed by atoms with Gasteiger partial charge >= 0.3 is 0 Å². The van der Waals surface area contributed by atoms with Gasteiger partial charge in [-0.05, 0) is 19.1 Å². The van der Waals surface area contributed by atoms with Gasteiger partial charge in [0, 0.05) is 6.54 Å². The molecule has 1 aromatic rings. The Morgan fingerprint density at radius 2 is 1.93 bits per heavy atom. The smallest absolute Gasteiger partial charge is 0.240 e. The van der Waals surface area contributed by atoms with Crippen LogP contribution in [0, 0.1) is 0 Å². The number of likely N-dealkylation sites (N-methyl/N-ethyl adjacent to an activating group) is 1. The lowest BCUT2D eigenvalue weighted by molar-refractivity contribution is -0.117. The van der Waals surface area contributed by atoms with Crippen molar-refractivity contribution in [2.75, 3.05) is 18.0 Å². The Morgan fingerprint density at radius 1 is 1.40 bits per heavy atom. The quantitative estimate of drug-likeness (QED) is 0.890. The topological polar surface area (TPSA) is 46.3 Å². The fourth-order valence-corrected chi connectivity index (χ4v) is 1.92. The average Bonchev–Trinajstić information content (AvgIpc) is 2.22. The van der Waals surface area contributed by atoms with Gasteiger partial charge < -0.3 is 10.6 Å².